The van der Waals surface area contributed by atoms with Crippen LogP contribution in [0.2, 0.25) is 0 Å². The van der Waals surface area contributed by atoms with Crippen LogP contribution in [-0.4, -0.2) is 27.6 Å². The fourth-order valence-corrected chi connectivity index (χ4v) is 2.87. The van der Waals surface area contributed by atoms with Gasteiger partial charge in [0, 0.05) is 23.9 Å². The first kappa shape index (κ1) is 15.1. The van der Waals surface area contributed by atoms with Crippen molar-refractivity contribution >= 4 is 23.1 Å². The molecule has 7 heteroatoms. The average Bonchev–Trinajstić information content (AvgIpc) is 3.05. The number of aromatic nitrogens is 3. The number of anilines is 1. The van der Waals surface area contributed by atoms with Crippen LogP contribution >= 0.6 is 11.3 Å². The lowest BCUT2D eigenvalue weighted by molar-refractivity contribution is 0.0994. The summed E-state index contributed by atoms with van der Waals surface area (Å²) in [6, 6.07) is 13.3. The molecule has 0 saturated heterocycles. The minimum atomic E-state index is -0.583. The van der Waals surface area contributed by atoms with Gasteiger partial charge in [-0.2, -0.15) is 0 Å². The maximum atomic E-state index is 10.9. The van der Waals surface area contributed by atoms with E-state index in [0.717, 1.165) is 22.7 Å². The van der Waals surface area contributed by atoms with Crippen molar-refractivity contribution in [1.29, 1.82) is 0 Å². The molecule has 0 radical (unpaired) electrons. The maximum absolute atomic E-state index is 10.9. The molecule has 0 aliphatic carbocycles. The zero-order chi connectivity index (χ0) is 16.1. The van der Waals surface area contributed by atoms with Gasteiger partial charge in [-0.15, -0.1) is 21.5 Å². The molecule has 1 amide bonds. The molecule has 23 heavy (non-hydrogen) atoms. The topological polar surface area (TPSA) is 93.8 Å². The molecule has 1 aromatic carbocycles. The maximum Gasteiger partial charge on any atom is 0.269 e. The van der Waals surface area contributed by atoms with Gasteiger partial charge >= 0.3 is 0 Å². The predicted octanol–water partition coefficient (Wildman–Crippen LogP) is 2.35. The van der Waals surface area contributed by atoms with E-state index >= 15 is 0 Å². The molecule has 3 aromatic rings. The van der Waals surface area contributed by atoms with E-state index in [1.807, 2.05) is 18.2 Å². The molecule has 0 fully saturated rings. The molecule has 0 unspecified atom stereocenters. The van der Waals surface area contributed by atoms with Crippen molar-refractivity contribution < 1.29 is 4.79 Å². The van der Waals surface area contributed by atoms with Crippen LogP contribution in [0.15, 0.2) is 47.8 Å². The summed E-state index contributed by atoms with van der Waals surface area (Å²) in [5.74, 6) is 0.0217. The molecule has 2 aromatic heterocycles. The molecule has 0 spiro atoms. The monoisotopic (exact) mass is 325 g/mol. The Morgan fingerprint density at radius 2 is 1.96 bits per heavy atom. The highest BCUT2D eigenvalue weighted by atomic mass is 32.1. The molecule has 6 nitrogen and oxygen atoms in total. The Morgan fingerprint density at radius 1 is 1.13 bits per heavy atom. The molecule has 0 atom stereocenters. The van der Waals surface area contributed by atoms with E-state index in [9.17, 15) is 4.79 Å². The van der Waals surface area contributed by atoms with Crippen LogP contribution < -0.4 is 11.1 Å². The lowest BCUT2D eigenvalue weighted by Crippen LogP contribution is -2.14. The second-order valence-electron chi connectivity index (χ2n) is 4.85. The third-order valence-corrected chi connectivity index (χ3v) is 4.12. The van der Waals surface area contributed by atoms with Crippen molar-refractivity contribution in [2.45, 2.75) is 6.42 Å². The minimum Gasteiger partial charge on any atom is -0.368 e. The quantitative estimate of drug-likeness (QED) is 0.725. The number of nitrogens with two attached hydrogens (primary N) is 1. The molecular weight excluding hydrogens is 310 g/mol. The Balaban J connectivity index is 1.55. The Labute approximate surface area is 137 Å². The number of carbonyl (C=O) groups excluding carboxylic acids is 1. The summed E-state index contributed by atoms with van der Waals surface area (Å²) in [7, 11) is 0. The van der Waals surface area contributed by atoms with Crippen molar-refractivity contribution in [3.05, 3.63) is 59.2 Å². The highest BCUT2D eigenvalue weighted by Gasteiger charge is 2.05. The van der Waals surface area contributed by atoms with Gasteiger partial charge in [0.2, 0.25) is 0 Å². The molecular formula is C16H15N5OS. The second-order valence-corrected chi connectivity index (χ2v) is 5.71. The Kier molecular flexibility index (Phi) is 4.58. The highest BCUT2D eigenvalue weighted by molar-refractivity contribution is 7.13. The Bertz CT molecular complexity index is 786. The number of hydrogen-bond acceptors (Lipinski definition) is 6. The van der Waals surface area contributed by atoms with Crippen molar-refractivity contribution in [2.75, 3.05) is 11.9 Å². The number of amides is 1. The van der Waals surface area contributed by atoms with Crippen LogP contribution in [0, 0.1) is 0 Å². The zero-order valence-electron chi connectivity index (χ0n) is 12.3. The van der Waals surface area contributed by atoms with Gasteiger partial charge in [-0.1, -0.05) is 30.3 Å². The van der Waals surface area contributed by atoms with Crippen molar-refractivity contribution in [2.24, 2.45) is 5.73 Å². The minimum absolute atomic E-state index is 0.155. The summed E-state index contributed by atoms with van der Waals surface area (Å²) in [6.07, 6.45) is 0.780. The standard InChI is InChI=1S/C16H15N5OS/c17-15(22)13-6-7-14(21-20-13)18-9-8-12-10-23-16(19-12)11-4-2-1-3-5-11/h1-7,10H,8-9H2,(H2,17,22)(H,18,21). The normalized spacial score (nSPS) is 10.4. The summed E-state index contributed by atoms with van der Waals surface area (Å²) in [5, 5.41) is 13.9. The predicted molar refractivity (Wildman–Crippen MR) is 90.3 cm³/mol. The summed E-state index contributed by atoms with van der Waals surface area (Å²) in [5.41, 5.74) is 7.44. The molecule has 116 valence electrons. The largest absolute Gasteiger partial charge is 0.368 e. The van der Waals surface area contributed by atoms with E-state index in [4.69, 9.17) is 5.73 Å². The number of rotatable bonds is 6. The average molecular weight is 325 g/mol. The highest BCUT2D eigenvalue weighted by Crippen LogP contribution is 2.23. The van der Waals surface area contributed by atoms with Crippen LogP contribution in [0.5, 0.6) is 0 Å². The van der Waals surface area contributed by atoms with E-state index in [0.29, 0.717) is 12.4 Å². The van der Waals surface area contributed by atoms with Crippen LogP contribution in [-0.2, 0) is 6.42 Å². The summed E-state index contributed by atoms with van der Waals surface area (Å²) >= 11 is 1.64. The molecule has 2 heterocycles. The second kappa shape index (κ2) is 6.97. The number of hydrogen-bond donors (Lipinski definition) is 2. The van der Waals surface area contributed by atoms with E-state index in [2.05, 4.69) is 38.0 Å². The Hall–Kier alpha value is -2.80. The first-order valence-corrected chi connectivity index (χ1v) is 7.97. The van der Waals surface area contributed by atoms with Crippen LogP contribution in [0.25, 0.3) is 10.6 Å². The van der Waals surface area contributed by atoms with Gasteiger partial charge in [0.15, 0.2) is 5.69 Å². The lowest BCUT2D eigenvalue weighted by atomic mass is 10.2. The number of carbonyl (C=O) groups is 1. The van der Waals surface area contributed by atoms with Gasteiger partial charge in [-0.25, -0.2) is 4.98 Å². The van der Waals surface area contributed by atoms with Crippen LogP contribution in [0.3, 0.4) is 0 Å². The SMILES string of the molecule is NC(=O)c1ccc(NCCc2csc(-c3ccccc3)n2)nn1. The van der Waals surface area contributed by atoms with Crippen LogP contribution in [0.1, 0.15) is 16.2 Å². The number of nitrogens with one attached hydrogen (secondary N) is 1. The van der Waals surface area contributed by atoms with Gasteiger partial charge in [0.05, 0.1) is 5.69 Å². The number of nitrogens with zero attached hydrogens (tertiary/aromatic N) is 3. The van der Waals surface area contributed by atoms with Crippen molar-refractivity contribution in [3.63, 3.8) is 0 Å². The third kappa shape index (κ3) is 3.89. The van der Waals surface area contributed by atoms with Gasteiger partial charge in [0.25, 0.3) is 5.91 Å². The summed E-state index contributed by atoms with van der Waals surface area (Å²) in [4.78, 5) is 15.6. The van der Waals surface area contributed by atoms with Gasteiger partial charge in [0.1, 0.15) is 10.8 Å². The van der Waals surface area contributed by atoms with Gasteiger partial charge in [-0.05, 0) is 12.1 Å². The zero-order valence-corrected chi connectivity index (χ0v) is 13.1. The van der Waals surface area contributed by atoms with E-state index in [1.165, 1.54) is 0 Å². The molecule has 0 aliphatic rings. The fraction of sp³-hybridized carbons (Fsp3) is 0.125. The molecule has 0 aliphatic heterocycles. The third-order valence-electron chi connectivity index (χ3n) is 3.18. The molecule has 3 N–H and O–H groups in total. The van der Waals surface area contributed by atoms with Crippen molar-refractivity contribution in [1.82, 2.24) is 15.2 Å². The van der Waals surface area contributed by atoms with Crippen LogP contribution in [0.4, 0.5) is 5.82 Å². The van der Waals surface area contributed by atoms with E-state index in [1.54, 1.807) is 23.5 Å². The summed E-state index contributed by atoms with van der Waals surface area (Å²) < 4.78 is 0. The first-order valence-electron chi connectivity index (χ1n) is 7.09. The smallest absolute Gasteiger partial charge is 0.269 e. The van der Waals surface area contributed by atoms with E-state index < -0.39 is 5.91 Å². The number of thiazole rings is 1. The molecule has 0 saturated carbocycles. The molecule has 3 rings (SSSR count). The summed E-state index contributed by atoms with van der Waals surface area (Å²) in [6.45, 7) is 0.683. The number of benzene rings is 1. The first-order chi connectivity index (χ1) is 11.2. The van der Waals surface area contributed by atoms with E-state index in [-0.39, 0.29) is 5.69 Å². The Morgan fingerprint density at radius 3 is 2.65 bits per heavy atom. The van der Waals surface area contributed by atoms with Crippen molar-refractivity contribution in [3.8, 4) is 10.6 Å². The lowest BCUT2D eigenvalue weighted by Gasteiger charge is -2.03. The van der Waals surface area contributed by atoms with Gasteiger partial charge < -0.3 is 11.1 Å². The number of primary amides is 1. The molecule has 0 bridgehead atoms. The van der Waals surface area contributed by atoms with Gasteiger partial charge in [-0.3, -0.25) is 4.79 Å². The fourth-order valence-electron chi connectivity index (χ4n) is 2.01.